The molecule has 0 saturated carbocycles. The molecule has 8 nitrogen and oxygen atoms in total. The van der Waals surface area contributed by atoms with Crippen molar-refractivity contribution in [1.29, 1.82) is 0 Å². The Morgan fingerprint density at radius 3 is 2.77 bits per heavy atom. The molecular formula is C21H18N2O6S. The molecule has 1 amide bonds. The smallest absolute Gasteiger partial charge is 0.341 e. The minimum atomic E-state index is -0.504. The van der Waals surface area contributed by atoms with E-state index in [4.69, 9.17) is 9.15 Å². The monoisotopic (exact) mass is 426 g/mol. The van der Waals surface area contributed by atoms with E-state index in [1.54, 1.807) is 18.2 Å². The summed E-state index contributed by atoms with van der Waals surface area (Å²) in [6, 6.07) is 9.05. The van der Waals surface area contributed by atoms with Crippen LogP contribution >= 0.6 is 11.3 Å². The van der Waals surface area contributed by atoms with E-state index < -0.39 is 16.8 Å². The van der Waals surface area contributed by atoms with Crippen LogP contribution in [0.1, 0.15) is 44.2 Å². The van der Waals surface area contributed by atoms with Gasteiger partial charge in [0.05, 0.1) is 17.6 Å². The van der Waals surface area contributed by atoms with Crippen molar-refractivity contribution in [1.82, 2.24) is 0 Å². The number of rotatable bonds is 5. The van der Waals surface area contributed by atoms with Gasteiger partial charge in [-0.2, -0.15) is 0 Å². The lowest BCUT2D eigenvalue weighted by atomic mass is 9.95. The van der Waals surface area contributed by atoms with Gasteiger partial charge in [0.1, 0.15) is 10.8 Å². The number of ether oxygens (including phenoxy) is 1. The second-order valence-corrected chi connectivity index (χ2v) is 7.94. The lowest BCUT2D eigenvalue weighted by Gasteiger charge is -2.11. The lowest BCUT2D eigenvalue weighted by molar-refractivity contribution is -0.384. The van der Waals surface area contributed by atoms with Crippen molar-refractivity contribution >= 4 is 33.9 Å². The Balaban J connectivity index is 1.60. The highest BCUT2D eigenvalue weighted by molar-refractivity contribution is 7.17. The van der Waals surface area contributed by atoms with E-state index in [0.29, 0.717) is 21.9 Å². The molecule has 1 aliphatic carbocycles. The maximum Gasteiger partial charge on any atom is 0.341 e. The number of non-ortho nitro benzene ring substituents is 1. The molecule has 0 atom stereocenters. The summed E-state index contributed by atoms with van der Waals surface area (Å²) < 4.78 is 10.5. The van der Waals surface area contributed by atoms with Crippen LogP contribution in [0.3, 0.4) is 0 Å². The molecule has 3 aromatic rings. The highest BCUT2D eigenvalue weighted by Gasteiger charge is 2.27. The molecule has 1 N–H and O–H groups in total. The number of nitrogens with one attached hydrogen (secondary N) is 1. The van der Waals surface area contributed by atoms with Gasteiger partial charge < -0.3 is 14.5 Å². The van der Waals surface area contributed by atoms with Crippen molar-refractivity contribution in [3.05, 3.63) is 68.3 Å². The Hall–Kier alpha value is -3.46. The third-order valence-electron chi connectivity index (χ3n) is 4.96. The molecule has 1 aliphatic rings. The van der Waals surface area contributed by atoms with Crippen LogP contribution in [0.5, 0.6) is 0 Å². The van der Waals surface area contributed by atoms with Crippen LogP contribution in [0.25, 0.3) is 11.3 Å². The summed E-state index contributed by atoms with van der Waals surface area (Å²) in [6.45, 7) is 0. The van der Waals surface area contributed by atoms with Gasteiger partial charge in [-0.3, -0.25) is 14.9 Å². The molecule has 0 bridgehead atoms. The Bertz CT molecular complexity index is 1150. The predicted octanol–water partition coefficient (Wildman–Crippen LogP) is 4.83. The second kappa shape index (κ2) is 8.11. The van der Waals surface area contributed by atoms with Gasteiger partial charge in [0.15, 0.2) is 5.76 Å². The zero-order valence-electron chi connectivity index (χ0n) is 16.1. The molecule has 154 valence electrons. The molecule has 9 heteroatoms. The Kier molecular flexibility index (Phi) is 5.37. The molecule has 1 aromatic carbocycles. The van der Waals surface area contributed by atoms with Crippen molar-refractivity contribution in [3.63, 3.8) is 0 Å². The molecule has 2 aromatic heterocycles. The van der Waals surface area contributed by atoms with E-state index in [1.165, 1.54) is 36.6 Å². The minimum absolute atomic E-state index is 0.0405. The lowest BCUT2D eigenvalue weighted by Crippen LogP contribution is -2.14. The van der Waals surface area contributed by atoms with Gasteiger partial charge in [0, 0.05) is 22.6 Å². The van der Waals surface area contributed by atoms with Crippen molar-refractivity contribution in [2.75, 3.05) is 12.4 Å². The zero-order valence-corrected chi connectivity index (χ0v) is 16.9. The largest absolute Gasteiger partial charge is 0.465 e. The fraction of sp³-hybridized carbons (Fsp3) is 0.238. The number of furan rings is 1. The first kappa shape index (κ1) is 19.8. The number of nitrogens with zero attached hydrogens (tertiary/aromatic N) is 1. The quantitative estimate of drug-likeness (QED) is 0.355. The van der Waals surface area contributed by atoms with E-state index >= 15 is 0 Å². The van der Waals surface area contributed by atoms with Gasteiger partial charge in [-0.25, -0.2) is 4.79 Å². The SMILES string of the molecule is COC(=O)c1c(NC(=O)c2ccc(-c3cccc([N+](=O)[O-])c3)o2)sc2c1CCCC2. The highest BCUT2D eigenvalue weighted by atomic mass is 32.1. The highest BCUT2D eigenvalue weighted by Crippen LogP contribution is 2.39. The van der Waals surface area contributed by atoms with Crippen molar-refractivity contribution in [3.8, 4) is 11.3 Å². The van der Waals surface area contributed by atoms with Crippen molar-refractivity contribution < 1.29 is 23.7 Å². The summed E-state index contributed by atoms with van der Waals surface area (Å²) in [7, 11) is 1.32. The van der Waals surface area contributed by atoms with Gasteiger partial charge in [0.25, 0.3) is 11.6 Å². The number of fused-ring (bicyclic) bond motifs is 1. The number of carbonyl (C=O) groups excluding carboxylic acids is 2. The van der Waals surface area contributed by atoms with Crippen LogP contribution < -0.4 is 5.32 Å². The summed E-state index contributed by atoms with van der Waals surface area (Å²) in [6.07, 6.45) is 3.69. The summed E-state index contributed by atoms with van der Waals surface area (Å²) >= 11 is 1.39. The summed E-state index contributed by atoms with van der Waals surface area (Å²) in [4.78, 5) is 36.6. The molecule has 0 saturated heterocycles. The van der Waals surface area contributed by atoms with Gasteiger partial charge in [0.2, 0.25) is 0 Å². The van der Waals surface area contributed by atoms with Crippen LogP contribution in [0.15, 0.2) is 40.8 Å². The van der Waals surface area contributed by atoms with Gasteiger partial charge >= 0.3 is 5.97 Å². The summed E-state index contributed by atoms with van der Waals surface area (Å²) in [5, 5.41) is 14.2. The first-order chi connectivity index (χ1) is 14.5. The maximum atomic E-state index is 12.8. The fourth-order valence-corrected chi connectivity index (χ4v) is 4.80. The first-order valence-electron chi connectivity index (χ1n) is 9.37. The molecule has 0 radical (unpaired) electrons. The van der Waals surface area contributed by atoms with Crippen molar-refractivity contribution in [2.24, 2.45) is 0 Å². The number of methoxy groups -OCH3 is 1. The number of esters is 1. The Morgan fingerprint density at radius 1 is 1.20 bits per heavy atom. The van der Waals surface area contributed by atoms with Gasteiger partial charge in [-0.05, 0) is 43.4 Å². The average Bonchev–Trinajstić information content (AvgIpc) is 3.38. The third kappa shape index (κ3) is 3.71. The normalized spacial score (nSPS) is 12.8. The number of amides is 1. The zero-order chi connectivity index (χ0) is 21.3. The number of anilines is 1. The van der Waals surface area contributed by atoms with Crippen LogP contribution in [0, 0.1) is 10.1 Å². The maximum absolute atomic E-state index is 12.8. The van der Waals surface area contributed by atoms with Crippen LogP contribution in [-0.4, -0.2) is 23.9 Å². The number of hydrogen-bond acceptors (Lipinski definition) is 7. The molecular weight excluding hydrogens is 408 g/mol. The average molecular weight is 426 g/mol. The number of benzene rings is 1. The minimum Gasteiger partial charge on any atom is -0.465 e. The number of nitro groups is 1. The van der Waals surface area contributed by atoms with E-state index in [-0.39, 0.29) is 11.4 Å². The predicted molar refractivity (Wildman–Crippen MR) is 111 cm³/mol. The molecule has 0 unspecified atom stereocenters. The second-order valence-electron chi connectivity index (χ2n) is 6.83. The topological polar surface area (TPSA) is 112 Å². The Morgan fingerprint density at radius 2 is 2.00 bits per heavy atom. The van der Waals surface area contributed by atoms with Crippen molar-refractivity contribution in [2.45, 2.75) is 25.7 Å². The molecule has 30 heavy (non-hydrogen) atoms. The van der Waals surface area contributed by atoms with E-state index in [0.717, 1.165) is 36.1 Å². The first-order valence-corrected chi connectivity index (χ1v) is 10.2. The molecule has 0 fully saturated rings. The van der Waals surface area contributed by atoms with Crippen LogP contribution in [-0.2, 0) is 17.6 Å². The number of hydrogen-bond donors (Lipinski definition) is 1. The number of nitro benzene ring substituents is 1. The van der Waals surface area contributed by atoms with Gasteiger partial charge in [-0.1, -0.05) is 12.1 Å². The number of thiophene rings is 1. The molecule has 0 spiro atoms. The van der Waals surface area contributed by atoms with Crippen LogP contribution in [0.4, 0.5) is 10.7 Å². The fourth-order valence-electron chi connectivity index (χ4n) is 3.52. The standard InChI is InChI=1S/C21H18N2O6S/c1-28-21(25)18-14-7-2-3-8-17(14)30-20(18)22-19(24)16-10-9-15(29-16)12-5-4-6-13(11-12)23(26)27/h4-6,9-11H,2-3,7-8H2,1H3,(H,22,24). The molecule has 0 aliphatic heterocycles. The molecule has 2 heterocycles. The molecule has 4 rings (SSSR count). The van der Waals surface area contributed by atoms with E-state index in [9.17, 15) is 19.7 Å². The summed E-state index contributed by atoms with van der Waals surface area (Å²) in [5.74, 6) is -0.599. The van der Waals surface area contributed by atoms with E-state index in [2.05, 4.69) is 5.32 Å². The van der Waals surface area contributed by atoms with Crippen LogP contribution in [0.2, 0.25) is 0 Å². The number of aryl methyl sites for hydroxylation is 1. The summed E-state index contributed by atoms with van der Waals surface area (Å²) in [5.41, 5.74) is 1.79. The van der Waals surface area contributed by atoms with Gasteiger partial charge in [-0.15, -0.1) is 11.3 Å². The Labute approximate surface area is 175 Å². The number of carbonyl (C=O) groups is 2. The third-order valence-corrected chi connectivity index (χ3v) is 6.17. The van der Waals surface area contributed by atoms with E-state index in [1.807, 2.05) is 0 Å².